The molecule has 0 radical (unpaired) electrons. The van der Waals surface area contributed by atoms with Gasteiger partial charge in [0.25, 0.3) is 5.91 Å². The first-order valence-corrected chi connectivity index (χ1v) is 6.97. The first-order valence-electron chi connectivity index (χ1n) is 6.97. The summed E-state index contributed by atoms with van der Waals surface area (Å²) >= 11 is 0. The SMILES string of the molecule is CC(C)CNc1cc(C(=O)N(C)c2ccccc2)ncn1. The molecule has 0 spiro atoms. The zero-order chi connectivity index (χ0) is 15.2. The molecule has 0 unspecified atom stereocenters. The van der Waals surface area contributed by atoms with Crippen LogP contribution in [0, 0.1) is 5.92 Å². The Kier molecular flexibility index (Phi) is 4.87. The highest BCUT2D eigenvalue weighted by Crippen LogP contribution is 2.15. The largest absolute Gasteiger partial charge is 0.370 e. The smallest absolute Gasteiger partial charge is 0.276 e. The van der Waals surface area contributed by atoms with Gasteiger partial charge >= 0.3 is 0 Å². The van der Waals surface area contributed by atoms with Gasteiger partial charge < -0.3 is 10.2 Å². The molecule has 2 rings (SSSR count). The van der Waals surface area contributed by atoms with E-state index < -0.39 is 0 Å². The Morgan fingerprint density at radius 3 is 2.62 bits per heavy atom. The monoisotopic (exact) mass is 284 g/mol. The molecule has 1 amide bonds. The zero-order valence-corrected chi connectivity index (χ0v) is 12.6. The summed E-state index contributed by atoms with van der Waals surface area (Å²) in [6.45, 7) is 5.03. The number of hydrogen-bond donors (Lipinski definition) is 1. The van der Waals surface area contributed by atoms with E-state index in [1.165, 1.54) is 6.33 Å². The van der Waals surface area contributed by atoms with Crippen LogP contribution in [0.1, 0.15) is 24.3 Å². The zero-order valence-electron chi connectivity index (χ0n) is 12.6. The lowest BCUT2D eigenvalue weighted by atomic mass is 10.2. The van der Waals surface area contributed by atoms with Gasteiger partial charge in [0.05, 0.1) is 0 Å². The molecule has 0 atom stereocenters. The summed E-state index contributed by atoms with van der Waals surface area (Å²) in [5.41, 5.74) is 1.21. The van der Waals surface area contributed by atoms with Crippen LogP contribution < -0.4 is 10.2 Å². The quantitative estimate of drug-likeness (QED) is 0.917. The van der Waals surface area contributed by atoms with E-state index in [-0.39, 0.29) is 5.91 Å². The number of nitrogens with zero attached hydrogens (tertiary/aromatic N) is 3. The fourth-order valence-electron chi connectivity index (χ4n) is 1.82. The van der Waals surface area contributed by atoms with Gasteiger partial charge in [-0.05, 0) is 18.1 Å². The van der Waals surface area contributed by atoms with Crippen LogP contribution in [0.5, 0.6) is 0 Å². The normalized spacial score (nSPS) is 10.5. The van der Waals surface area contributed by atoms with Crippen molar-refractivity contribution >= 4 is 17.4 Å². The van der Waals surface area contributed by atoms with E-state index in [1.54, 1.807) is 18.0 Å². The van der Waals surface area contributed by atoms with Crippen LogP contribution in [0.25, 0.3) is 0 Å². The topological polar surface area (TPSA) is 58.1 Å². The third-order valence-corrected chi connectivity index (χ3v) is 3.03. The van der Waals surface area contributed by atoms with E-state index in [1.807, 2.05) is 30.3 Å². The summed E-state index contributed by atoms with van der Waals surface area (Å²) in [5.74, 6) is 1.02. The first-order chi connectivity index (χ1) is 10.1. The van der Waals surface area contributed by atoms with Crippen molar-refractivity contribution in [3.63, 3.8) is 0 Å². The lowest BCUT2D eigenvalue weighted by Gasteiger charge is -2.17. The molecule has 110 valence electrons. The summed E-state index contributed by atoms with van der Waals surface area (Å²) in [7, 11) is 1.74. The van der Waals surface area contributed by atoms with Gasteiger partial charge in [0, 0.05) is 25.3 Å². The van der Waals surface area contributed by atoms with Gasteiger partial charge in [0.2, 0.25) is 0 Å². The average Bonchev–Trinajstić information content (AvgIpc) is 2.52. The number of anilines is 2. The summed E-state index contributed by atoms with van der Waals surface area (Å²) in [6, 6.07) is 11.2. The molecule has 0 saturated heterocycles. The van der Waals surface area contributed by atoms with Crippen LogP contribution in [0.15, 0.2) is 42.7 Å². The first kappa shape index (κ1) is 15.0. The molecule has 0 aliphatic carbocycles. The van der Waals surface area contributed by atoms with Crippen molar-refractivity contribution in [1.82, 2.24) is 9.97 Å². The summed E-state index contributed by atoms with van der Waals surface area (Å²) < 4.78 is 0. The second-order valence-electron chi connectivity index (χ2n) is 5.26. The minimum atomic E-state index is -0.156. The van der Waals surface area contributed by atoms with Crippen molar-refractivity contribution in [2.45, 2.75) is 13.8 Å². The molecule has 1 aromatic heterocycles. The van der Waals surface area contributed by atoms with Crippen LogP contribution >= 0.6 is 0 Å². The Morgan fingerprint density at radius 1 is 1.24 bits per heavy atom. The van der Waals surface area contributed by atoms with Gasteiger partial charge in [-0.25, -0.2) is 9.97 Å². The Balaban J connectivity index is 2.14. The van der Waals surface area contributed by atoms with Crippen molar-refractivity contribution in [1.29, 1.82) is 0 Å². The number of carbonyl (C=O) groups is 1. The highest BCUT2D eigenvalue weighted by molar-refractivity contribution is 6.04. The highest BCUT2D eigenvalue weighted by atomic mass is 16.2. The van der Waals surface area contributed by atoms with Crippen molar-refractivity contribution in [2.75, 3.05) is 23.8 Å². The third-order valence-electron chi connectivity index (χ3n) is 3.03. The fourth-order valence-corrected chi connectivity index (χ4v) is 1.82. The maximum Gasteiger partial charge on any atom is 0.276 e. The van der Waals surface area contributed by atoms with Crippen LogP contribution in [-0.2, 0) is 0 Å². The minimum absolute atomic E-state index is 0.156. The number of carbonyl (C=O) groups excluding carboxylic acids is 1. The second kappa shape index (κ2) is 6.83. The molecule has 0 fully saturated rings. The molecule has 5 nitrogen and oxygen atoms in total. The molecule has 5 heteroatoms. The lowest BCUT2D eigenvalue weighted by Crippen LogP contribution is -2.27. The van der Waals surface area contributed by atoms with E-state index in [2.05, 4.69) is 29.1 Å². The fraction of sp³-hybridized carbons (Fsp3) is 0.312. The van der Waals surface area contributed by atoms with Gasteiger partial charge in [0.1, 0.15) is 17.8 Å². The molecule has 21 heavy (non-hydrogen) atoms. The predicted octanol–water partition coefficient (Wildman–Crippen LogP) is 2.82. The average molecular weight is 284 g/mol. The number of benzene rings is 1. The van der Waals surface area contributed by atoms with Gasteiger partial charge in [-0.1, -0.05) is 32.0 Å². The lowest BCUT2D eigenvalue weighted by molar-refractivity contribution is 0.0988. The van der Waals surface area contributed by atoms with Gasteiger partial charge in [-0.3, -0.25) is 4.79 Å². The van der Waals surface area contributed by atoms with Gasteiger partial charge in [-0.2, -0.15) is 0 Å². The Morgan fingerprint density at radius 2 is 1.95 bits per heavy atom. The van der Waals surface area contributed by atoms with E-state index in [9.17, 15) is 4.79 Å². The van der Waals surface area contributed by atoms with E-state index in [0.29, 0.717) is 17.4 Å². The van der Waals surface area contributed by atoms with Crippen LogP contribution in [0.4, 0.5) is 11.5 Å². The van der Waals surface area contributed by atoms with Crippen LogP contribution in [-0.4, -0.2) is 29.5 Å². The number of rotatable bonds is 5. The molecular weight excluding hydrogens is 264 g/mol. The van der Waals surface area contributed by atoms with Crippen molar-refractivity contribution in [3.8, 4) is 0 Å². The molecule has 0 aliphatic rings. The number of hydrogen-bond acceptors (Lipinski definition) is 4. The Hall–Kier alpha value is -2.43. The molecule has 1 N–H and O–H groups in total. The molecule has 1 heterocycles. The Bertz CT molecular complexity index is 598. The van der Waals surface area contributed by atoms with Crippen molar-refractivity contribution < 1.29 is 4.79 Å². The summed E-state index contributed by atoms with van der Waals surface area (Å²) in [4.78, 5) is 22.2. The van der Waals surface area contributed by atoms with E-state index in [4.69, 9.17) is 0 Å². The third kappa shape index (κ3) is 4.02. The molecule has 0 saturated carbocycles. The minimum Gasteiger partial charge on any atom is -0.370 e. The highest BCUT2D eigenvalue weighted by Gasteiger charge is 2.15. The molecule has 0 bridgehead atoms. The maximum absolute atomic E-state index is 12.4. The van der Waals surface area contributed by atoms with Crippen LogP contribution in [0.2, 0.25) is 0 Å². The summed E-state index contributed by atoms with van der Waals surface area (Å²) in [6.07, 6.45) is 1.41. The number of amides is 1. The predicted molar refractivity (Wildman–Crippen MR) is 84.5 cm³/mol. The number of nitrogens with one attached hydrogen (secondary N) is 1. The molecule has 1 aromatic carbocycles. The molecule has 2 aromatic rings. The standard InChI is InChI=1S/C16H20N4O/c1-12(2)10-17-15-9-14(18-11-19-15)16(21)20(3)13-7-5-4-6-8-13/h4-9,11-12H,10H2,1-3H3,(H,17,18,19). The number of para-hydroxylation sites is 1. The molecular formula is C16H20N4O. The second-order valence-corrected chi connectivity index (χ2v) is 5.26. The van der Waals surface area contributed by atoms with Crippen LogP contribution in [0.3, 0.4) is 0 Å². The van der Waals surface area contributed by atoms with Gasteiger partial charge in [0.15, 0.2) is 0 Å². The molecule has 0 aliphatic heterocycles. The van der Waals surface area contributed by atoms with E-state index >= 15 is 0 Å². The maximum atomic E-state index is 12.4. The van der Waals surface area contributed by atoms with Crippen molar-refractivity contribution in [2.24, 2.45) is 5.92 Å². The number of aromatic nitrogens is 2. The van der Waals surface area contributed by atoms with Gasteiger partial charge in [-0.15, -0.1) is 0 Å². The summed E-state index contributed by atoms with van der Waals surface area (Å²) in [5, 5.41) is 3.20. The Labute approximate surface area is 125 Å². The van der Waals surface area contributed by atoms with Crippen molar-refractivity contribution in [3.05, 3.63) is 48.4 Å². The van der Waals surface area contributed by atoms with E-state index in [0.717, 1.165) is 12.2 Å².